The molecule has 1 unspecified atom stereocenters. The summed E-state index contributed by atoms with van der Waals surface area (Å²) in [6.45, 7) is 6.54. The lowest BCUT2D eigenvalue weighted by atomic mass is 9.65. The molecule has 1 aliphatic heterocycles. The fourth-order valence-electron chi connectivity index (χ4n) is 3.31. The number of carbonyl (C=O) groups is 2. The largest absolute Gasteiger partial charge is 0.481 e. The molecule has 0 bridgehead atoms. The molecule has 2 fully saturated rings. The zero-order valence-corrected chi connectivity index (χ0v) is 11.7. The van der Waals surface area contributed by atoms with Crippen LogP contribution in [-0.4, -0.2) is 35.0 Å². The van der Waals surface area contributed by atoms with E-state index < -0.39 is 11.4 Å². The second-order valence-electron chi connectivity index (χ2n) is 6.32. The average Bonchev–Trinajstić information content (AvgIpc) is 2.33. The molecule has 1 aliphatic carbocycles. The maximum absolute atomic E-state index is 12.7. The summed E-state index contributed by atoms with van der Waals surface area (Å²) < 4.78 is 0. The second kappa shape index (κ2) is 4.99. The monoisotopic (exact) mass is 265 g/mol. The zero-order chi connectivity index (χ0) is 14.1. The van der Waals surface area contributed by atoms with E-state index in [1.54, 1.807) is 11.8 Å². The van der Waals surface area contributed by atoms with Crippen LogP contribution >= 0.6 is 0 Å². The molecule has 4 nitrogen and oxygen atoms in total. The highest BCUT2D eigenvalue weighted by Crippen LogP contribution is 2.46. The first-order chi connectivity index (χ1) is 8.93. The van der Waals surface area contributed by atoms with E-state index in [0.29, 0.717) is 25.9 Å². The summed E-state index contributed by atoms with van der Waals surface area (Å²) in [7, 11) is 0. The lowest BCUT2D eigenvalue weighted by Crippen LogP contribution is -2.54. The summed E-state index contributed by atoms with van der Waals surface area (Å²) in [5.41, 5.74) is -1.06. The maximum atomic E-state index is 12.7. The molecular weight excluding hydrogens is 242 g/mol. The van der Waals surface area contributed by atoms with E-state index in [4.69, 9.17) is 0 Å². The van der Waals surface area contributed by atoms with Crippen LogP contribution in [0.4, 0.5) is 0 Å². The number of aliphatic carboxylic acids is 1. The smallest absolute Gasteiger partial charge is 0.311 e. The molecule has 1 heterocycles. The van der Waals surface area contributed by atoms with Crippen molar-refractivity contribution >= 4 is 11.9 Å². The van der Waals surface area contributed by atoms with Gasteiger partial charge in [0.2, 0.25) is 5.91 Å². The Balaban J connectivity index is 2.11. The Hall–Kier alpha value is -1.32. The molecule has 1 N–H and O–H groups in total. The Kier molecular flexibility index (Phi) is 3.70. The van der Waals surface area contributed by atoms with Gasteiger partial charge in [0, 0.05) is 13.1 Å². The Morgan fingerprint density at radius 3 is 2.47 bits per heavy atom. The quantitative estimate of drug-likeness (QED) is 0.794. The van der Waals surface area contributed by atoms with Crippen molar-refractivity contribution in [3.63, 3.8) is 0 Å². The van der Waals surface area contributed by atoms with Crippen LogP contribution in [0.2, 0.25) is 0 Å². The van der Waals surface area contributed by atoms with Crippen molar-refractivity contribution in [3.8, 4) is 0 Å². The lowest BCUT2D eigenvalue weighted by molar-refractivity contribution is -0.158. The third-order valence-corrected chi connectivity index (χ3v) is 4.80. The van der Waals surface area contributed by atoms with E-state index in [-0.39, 0.29) is 11.3 Å². The van der Waals surface area contributed by atoms with Crippen molar-refractivity contribution < 1.29 is 14.7 Å². The molecule has 0 aromatic rings. The minimum Gasteiger partial charge on any atom is -0.481 e. The Morgan fingerprint density at radius 1 is 1.32 bits per heavy atom. The molecule has 19 heavy (non-hydrogen) atoms. The predicted molar refractivity (Wildman–Crippen MR) is 72.7 cm³/mol. The highest BCUT2D eigenvalue weighted by atomic mass is 16.4. The van der Waals surface area contributed by atoms with E-state index in [1.165, 1.54) is 0 Å². The highest BCUT2D eigenvalue weighted by Gasteiger charge is 2.48. The van der Waals surface area contributed by atoms with Gasteiger partial charge < -0.3 is 10.0 Å². The van der Waals surface area contributed by atoms with Gasteiger partial charge in [-0.3, -0.25) is 9.59 Å². The molecular formula is C15H23NO3. The molecule has 1 saturated carbocycles. The van der Waals surface area contributed by atoms with Crippen LogP contribution in [0.1, 0.15) is 45.4 Å². The SMILES string of the molecule is C=CCC1(C(=O)N2CCCC(C)(C(=O)O)C2)CCC1. The first-order valence-corrected chi connectivity index (χ1v) is 7.07. The van der Waals surface area contributed by atoms with E-state index in [2.05, 4.69) is 6.58 Å². The van der Waals surface area contributed by atoms with E-state index in [0.717, 1.165) is 25.7 Å². The standard InChI is InChI=1S/C15H23NO3/c1-3-6-15(8-4-9-15)12(17)16-10-5-7-14(2,11-16)13(18)19/h3H,1,4-11H2,2H3,(H,18,19). The highest BCUT2D eigenvalue weighted by molar-refractivity contribution is 5.85. The molecule has 1 amide bonds. The van der Waals surface area contributed by atoms with Crippen LogP contribution in [0.5, 0.6) is 0 Å². The molecule has 106 valence electrons. The molecule has 1 atom stereocenters. The Labute approximate surface area is 114 Å². The van der Waals surface area contributed by atoms with Crippen LogP contribution in [0.3, 0.4) is 0 Å². The Morgan fingerprint density at radius 2 is 2.00 bits per heavy atom. The van der Waals surface area contributed by atoms with Gasteiger partial charge in [-0.05, 0) is 39.0 Å². The van der Waals surface area contributed by atoms with Gasteiger partial charge in [-0.15, -0.1) is 6.58 Å². The van der Waals surface area contributed by atoms with Gasteiger partial charge >= 0.3 is 5.97 Å². The number of rotatable bonds is 4. The summed E-state index contributed by atoms with van der Waals surface area (Å²) in [4.78, 5) is 25.8. The third-order valence-electron chi connectivity index (χ3n) is 4.80. The first kappa shape index (κ1) is 14.1. The number of carbonyl (C=O) groups excluding carboxylic acids is 1. The van der Waals surface area contributed by atoms with Crippen molar-refractivity contribution in [2.45, 2.75) is 45.4 Å². The minimum absolute atomic E-state index is 0.144. The van der Waals surface area contributed by atoms with Crippen LogP contribution in [0.25, 0.3) is 0 Å². The second-order valence-corrected chi connectivity index (χ2v) is 6.32. The number of carboxylic acid groups (broad SMARTS) is 1. The zero-order valence-electron chi connectivity index (χ0n) is 11.7. The number of allylic oxidation sites excluding steroid dienone is 1. The molecule has 0 spiro atoms. The molecule has 1 saturated heterocycles. The first-order valence-electron chi connectivity index (χ1n) is 7.07. The van der Waals surface area contributed by atoms with Crippen molar-refractivity contribution in [3.05, 3.63) is 12.7 Å². The molecule has 2 rings (SSSR count). The van der Waals surface area contributed by atoms with Crippen molar-refractivity contribution in [2.24, 2.45) is 10.8 Å². The van der Waals surface area contributed by atoms with E-state index in [9.17, 15) is 14.7 Å². The minimum atomic E-state index is -0.795. The van der Waals surface area contributed by atoms with Gasteiger partial charge in [-0.25, -0.2) is 0 Å². The fourth-order valence-corrected chi connectivity index (χ4v) is 3.31. The van der Waals surface area contributed by atoms with Crippen LogP contribution in [0, 0.1) is 10.8 Å². The number of hydrogen-bond donors (Lipinski definition) is 1. The van der Waals surface area contributed by atoms with E-state index >= 15 is 0 Å². The van der Waals surface area contributed by atoms with Crippen LogP contribution in [-0.2, 0) is 9.59 Å². The summed E-state index contributed by atoms with van der Waals surface area (Å²) in [6, 6.07) is 0. The van der Waals surface area contributed by atoms with Gasteiger partial charge in [-0.2, -0.15) is 0 Å². The fraction of sp³-hybridized carbons (Fsp3) is 0.733. The number of piperidine rings is 1. The van der Waals surface area contributed by atoms with Gasteiger partial charge in [0.25, 0.3) is 0 Å². The number of likely N-dealkylation sites (tertiary alicyclic amines) is 1. The average molecular weight is 265 g/mol. The number of hydrogen-bond acceptors (Lipinski definition) is 2. The normalized spacial score (nSPS) is 29.4. The summed E-state index contributed by atoms with van der Waals surface area (Å²) in [5, 5.41) is 9.32. The van der Waals surface area contributed by atoms with Gasteiger partial charge in [0.1, 0.15) is 0 Å². The summed E-state index contributed by atoms with van der Waals surface area (Å²) >= 11 is 0. The Bertz CT molecular complexity index is 400. The topological polar surface area (TPSA) is 57.6 Å². The van der Waals surface area contributed by atoms with Gasteiger partial charge in [0.15, 0.2) is 0 Å². The van der Waals surface area contributed by atoms with Crippen molar-refractivity contribution in [1.29, 1.82) is 0 Å². The van der Waals surface area contributed by atoms with Crippen LogP contribution in [0.15, 0.2) is 12.7 Å². The molecule has 0 aromatic heterocycles. The molecule has 4 heteroatoms. The molecule has 0 radical (unpaired) electrons. The molecule has 0 aromatic carbocycles. The van der Waals surface area contributed by atoms with Crippen molar-refractivity contribution in [1.82, 2.24) is 4.90 Å². The summed E-state index contributed by atoms with van der Waals surface area (Å²) in [6.07, 6.45) is 6.88. The summed E-state index contributed by atoms with van der Waals surface area (Å²) in [5.74, 6) is -0.651. The van der Waals surface area contributed by atoms with Crippen molar-refractivity contribution in [2.75, 3.05) is 13.1 Å². The number of amides is 1. The number of nitrogens with zero attached hydrogens (tertiary/aromatic N) is 1. The third kappa shape index (κ3) is 2.40. The number of carboxylic acids is 1. The predicted octanol–water partition coefficient (Wildman–Crippen LogP) is 2.45. The molecule has 2 aliphatic rings. The van der Waals surface area contributed by atoms with Gasteiger partial charge in [0.05, 0.1) is 10.8 Å². The van der Waals surface area contributed by atoms with Crippen LogP contribution < -0.4 is 0 Å². The lowest BCUT2D eigenvalue weighted by Gasteiger charge is -2.46. The van der Waals surface area contributed by atoms with Gasteiger partial charge in [-0.1, -0.05) is 12.5 Å². The van der Waals surface area contributed by atoms with E-state index in [1.807, 2.05) is 6.08 Å². The maximum Gasteiger partial charge on any atom is 0.311 e.